The molecule has 1 amide bonds. The van der Waals surface area contributed by atoms with E-state index < -0.39 is 11.9 Å². The van der Waals surface area contributed by atoms with Gasteiger partial charge in [-0.05, 0) is 61.9 Å². The molecule has 1 heterocycles. The van der Waals surface area contributed by atoms with E-state index in [4.69, 9.17) is 4.74 Å². The highest BCUT2D eigenvalue weighted by molar-refractivity contribution is 7.16. The van der Waals surface area contributed by atoms with Crippen molar-refractivity contribution < 1.29 is 14.3 Å². The summed E-state index contributed by atoms with van der Waals surface area (Å²) in [5.74, 6) is -0.971. The number of rotatable bonds is 4. The van der Waals surface area contributed by atoms with E-state index in [1.54, 1.807) is 12.1 Å². The van der Waals surface area contributed by atoms with Crippen LogP contribution in [0.3, 0.4) is 0 Å². The molecular formula is C19H18N2O3S. The number of hydrogen-bond donors (Lipinski definition) is 1. The molecule has 1 aliphatic carbocycles. The van der Waals surface area contributed by atoms with E-state index in [0.717, 1.165) is 36.0 Å². The maximum atomic E-state index is 12.1. The van der Waals surface area contributed by atoms with Gasteiger partial charge in [-0.1, -0.05) is 6.07 Å². The van der Waals surface area contributed by atoms with Crippen molar-refractivity contribution in [3.63, 3.8) is 0 Å². The van der Waals surface area contributed by atoms with Crippen LogP contribution in [0.2, 0.25) is 0 Å². The number of nitrogens with one attached hydrogen (secondary N) is 1. The van der Waals surface area contributed by atoms with Gasteiger partial charge < -0.3 is 10.1 Å². The average molecular weight is 354 g/mol. The zero-order chi connectivity index (χ0) is 18.0. The number of carbonyl (C=O) groups excluding carboxylic acids is 2. The Morgan fingerprint density at radius 3 is 2.80 bits per heavy atom. The van der Waals surface area contributed by atoms with Crippen molar-refractivity contribution in [2.45, 2.75) is 33.1 Å². The van der Waals surface area contributed by atoms with Gasteiger partial charge in [0.25, 0.3) is 5.91 Å². The molecule has 0 bridgehead atoms. The van der Waals surface area contributed by atoms with E-state index >= 15 is 0 Å². The molecule has 0 aliphatic heterocycles. The second-order valence-corrected chi connectivity index (χ2v) is 7.20. The summed E-state index contributed by atoms with van der Waals surface area (Å²) in [7, 11) is 0. The number of ether oxygens (including phenoxy) is 1. The normalized spacial score (nSPS) is 12.4. The van der Waals surface area contributed by atoms with Crippen LogP contribution in [-0.2, 0) is 22.4 Å². The molecular weight excluding hydrogens is 336 g/mol. The number of anilines is 1. The summed E-state index contributed by atoms with van der Waals surface area (Å²) in [5, 5.41) is 12.6. The second kappa shape index (κ2) is 7.08. The predicted octanol–water partition coefficient (Wildman–Crippen LogP) is 3.52. The smallest absolute Gasteiger partial charge is 0.338 e. The monoisotopic (exact) mass is 354 g/mol. The Kier molecular flexibility index (Phi) is 4.86. The van der Waals surface area contributed by atoms with Crippen molar-refractivity contribution in [3.8, 4) is 6.07 Å². The fourth-order valence-electron chi connectivity index (χ4n) is 2.86. The summed E-state index contributed by atoms with van der Waals surface area (Å²) >= 11 is 1.44. The van der Waals surface area contributed by atoms with Gasteiger partial charge in [-0.15, -0.1) is 11.3 Å². The number of nitriles is 1. The lowest BCUT2D eigenvalue weighted by Crippen LogP contribution is -2.21. The Labute approximate surface area is 150 Å². The standard InChI is InChI=1S/C19H18N2O3S/c1-11-6-7-13(8-12(11)2)19(23)24-10-17(22)21-18-15(9-20)14-4-3-5-16(14)25-18/h6-8H,3-5,10H2,1-2H3,(H,21,22). The third-order valence-electron chi connectivity index (χ3n) is 4.36. The highest BCUT2D eigenvalue weighted by atomic mass is 32.1. The molecule has 1 aromatic heterocycles. The predicted molar refractivity (Wildman–Crippen MR) is 95.9 cm³/mol. The molecule has 3 rings (SSSR count). The van der Waals surface area contributed by atoms with E-state index in [0.29, 0.717) is 16.1 Å². The molecule has 1 N–H and O–H groups in total. The van der Waals surface area contributed by atoms with E-state index in [1.165, 1.54) is 16.2 Å². The lowest BCUT2D eigenvalue weighted by atomic mass is 10.1. The van der Waals surface area contributed by atoms with Crippen LogP contribution in [0.1, 0.15) is 43.9 Å². The second-order valence-electron chi connectivity index (χ2n) is 6.10. The number of carbonyl (C=O) groups is 2. The summed E-state index contributed by atoms with van der Waals surface area (Å²) in [6.45, 7) is 3.50. The van der Waals surface area contributed by atoms with Gasteiger partial charge in [0.2, 0.25) is 0 Å². The minimum absolute atomic E-state index is 0.376. The highest BCUT2D eigenvalue weighted by Gasteiger charge is 2.23. The maximum Gasteiger partial charge on any atom is 0.338 e. The van der Waals surface area contributed by atoms with Crippen molar-refractivity contribution in [1.82, 2.24) is 0 Å². The summed E-state index contributed by atoms with van der Waals surface area (Å²) in [6.07, 6.45) is 2.89. The number of esters is 1. The topological polar surface area (TPSA) is 79.2 Å². The van der Waals surface area contributed by atoms with E-state index in [9.17, 15) is 14.9 Å². The minimum atomic E-state index is -0.535. The van der Waals surface area contributed by atoms with E-state index in [2.05, 4.69) is 11.4 Å². The zero-order valence-electron chi connectivity index (χ0n) is 14.1. The van der Waals surface area contributed by atoms with Gasteiger partial charge in [0, 0.05) is 4.88 Å². The number of hydrogen-bond acceptors (Lipinski definition) is 5. The minimum Gasteiger partial charge on any atom is -0.452 e. The Balaban J connectivity index is 1.61. The Hall–Kier alpha value is -2.65. The number of aryl methyl sites for hydroxylation is 3. The van der Waals surface area contributed by atoms with Crippen molar-refractivity contribution >= 4 is 28.2 Å². The van der Waals surface area contributed by atoms with Crippen molar-refractivity contribution in [2.24, 2.45) is 0 Å². The molecule has 25 heavy (non-hydrogen) atoms. The van der Waals surface area contributed by atoms with Gasteiger partial charge in [0.1, 0.15) is 11.1 Å². The van der Waals surface area contributed by atoms with Gasteiger partial charge in [-0.2, -0.15) is 5.26 Å². The summed E-state index contributed by atoms with van der Waals surface area (Å²) in [6, 6.07) is 7.44. The molecule has 0 saturated heterocycles. The van der Waals surface area contributed by atoms with Gasteiger partial charge in [-0.25, -0.2) is 4.79 Å². The van der Waals surface area contributed by atoms with Crippen LogP contribution in [-0.4, -0.2) is 18.5 Å². The van der Waals surface area contributed by atoms with Crippen LogP contribution >= 0.6 is 11.3 Å². The van der Waals surface area contributed by atoms with Crippen LogP contribution in [0.5, 0.6) is 0 Å². The number of nitrogens with zero attached hydrogens (tertiary/aromatic N) is 1. The van der Waals surface area contributed by atoms with Crippen LogP contribution in [0.25, 0.3) is 0 Å². The van der Waals surface area contributed by atoms with Crippen LogP contribution < -0.4 is 5.32 Å². The zero-order valence-corrected chi connectivity index (χ0v) is 15.0. The van der Waals surface area contributed by atoms with Gasteiger partial charge in [0.15, 0.2) is 6.61 Å². The van der Waals surface area contributed by atoms with Gasteiger partial charge in [-0.3, -0.25) is 4.79 Å². The Morgan fingerprint density at radius 1 is 1.28 bits per heavy atom. The molecule has 1 aromatic carbocycles. The molecule has 0 unspecified atom stereocenters. The fraction of sp³-hybridized carbons (Fsp3) is 0.316. The number of benzene rings is 1. The summed E-state index contributed by atoms with van der Waals surface area (Å²) in [4.78, 5) is 25.3. The van der Waals surface area contributed by atoms with Crippen molar-refractivity contribution in [2.75, 3.05) is 11.9 Å². The van der Waals surface area contributed by atoms with Gasteiger partial charge in [0.05, 0.1) is 11.1 Å². The molecule has 0 radical (unpaired) electrons. The first-order valence-corrected chi connectivity index (χ1v) is 8.90. The summed E-state index contributed by atoms with van der Waals surface area (Å²) in [5.41, 5.74) is 4.10. The third-order valence-corrected chi connectivity index (χ3v) is 5.57. The number of fused-ring (bicyclic) bond motifs is 1. The molecule has 5 nitrogen and oxygen atoms in total. The van der Waals surface area contributed by atoms with Gasteiger partial charge >= 0.3 is 5.97 Å². The molecule has 1 aliphatic rings. The van der Waals surface area contributed by atoms with Crippen molar-refractivity contribution in [3.05, 3.63) is 50.9 Å². The number of amides is 1. The lowest BCUT2D eigenvalue weighted by Gasteiger charge is -2.07. The van der Waals surface area contributed by atoms with E-state index in [1.807, 2.05) is 19.9 Å². The summed E-state index contributed by atoms with van der Waals surface area (Å²) < 4.78 is 5.08. The Morgan fingerprint density at radius 2 is 2.08 bits per heavy atom. The third kappa shape index (κ3) is 3.57. The quantitative estimate of drug-likeness (QED) is 0.852. The van der Waals surface area contributed by atoms with Crippen molar-refractivity contribution in [1.29, 1.82) is 5.26 Å². The first kappa shape index (κ1) is 17.2. The van der Waals surface area contributed by atoms with Crippen LogP contribution in [0, 0.1) is 25.2 Å². The van der Waals surface area contributed by atoms with Crippen LogP contribution in [0.15, 0.2) is 18.2 Å². The highest BCUT2D eigenvalue weighted by Crippen LogP contribution is 2.38. The molecule has 0 spiro atoms. The molecule has 0 fully saturated rings. The fourth-order valence-corrected chi connectivity index (χ4v) is 4.11. The molecule has 0 atom stereocenters. The molecule has 128 valence electrons. The molecule has 0 saturated carbocycles. The molecule has 6 heteroatoms. The molecule has 2 aromatic rings. The SMILES string of the molecule is Cc1ccc(C(=O)OCC(=O)Nc2sc3c(c2C#N)CCC3)cc1C. The number of thiophene rings is 1. The van der Waals surface area contributed by atoms with Crippen LogP contribution in [0.4, 0.5) is 5.00 Å². The largest absolute Gasteiger partial charge is 0.452 e. The average Bonchev–Trinajstić information content (AvgIpc) is 3.15. The van der Waals surface area contributed by atoms with E-state index in [-0.39, 0.29) is 6.61 Å². The lowest BCUT2D eigenvalue weighted by molar-refractivity contribution is -0.119. The Bertz CT molecular complexity index is 893. The maximum absolute atomic E-state index is 12.1. The first-order chi connectivity index (χ1) is 12.0. The first-order valence-electron chi connectivity index (χ1n) is 8.08.